The third kappa shape index (κ3) is 4.23. The Morgan fingerprint density at radius 1 is 1.08 bits per heavy atom. The molecule has 1 aromatic heterocycles. The van der Waals surface area contributed by atoms with Crippen molar-refractivity contribution >= 4 is 23.2 Å². The highest BCUT2D eigenvalue weighted by Gasteiger charge is 2.23. The van der Waals surface area contributed by atoms with Crippen molar-refractivity contribution in [2.45, 2.75) is 25.2 Å². The molecular formula is C19H22N2O2S. The van der Waals surface area contributed by atoms with Crippen molar-refractivity contribution in [1.82, 2.24) is 10.2 Å². The summed E-state index contributed by atoms with van der Waals surface area (Å²) in [5.41, 5.74) is 1.37. The minimum Gasteiger partial charge on any atom is -0.351 e. The molecule has 1 aromatic carbocycles. The van der Waals surface area contributed by atoms with E-state index in [0.29, 0.717) is 23.8 Å². The number of piperidine rings is 1. The second-order valence-electron chi connectivity index (χ2n) is 6.05. The predicted octanol–water partition coefficient (Wildman–Crippen LogP) is 3.27. The highest BCUT2D eigenvalue weighted by Crippen LogP contribution is 2.27. The van der Waals surface area contributed by atoms with Gasteiger partial charge < -0.3 is 10.2 Å². The summed E-state index contributed by atoms with van der Waals surface area (Å²) in [6.07, 6.45) is 2.39. The lowest BCUT2D eigenvalue weighted by Crippen LogP contribution is -2.39. The molecular weight excluding hydrogens is 320 g/mol. The first-order valence-corrected chi connectivity index (χ1v) is 9.26. The molecule has 0 radical (unpaired) electrons. The van der Waals surface area contributed by atoms with Gasteiger partial charge in [0.15, 0.2) is 0 Å². The Balaban J connectivity index is 1.40. The summed E-state index contributed by atoms with van der Waals surface area (Å²) in [7, 11) is 0. The number of carbonyl (C=O) groups is 2. The molecule has 3 rings (SSSR count). The van der Waals surface area contributed by atoms with Crippen molar-refractivity contribution < 1.29 is 9.59 Å². The molecule has 4 nitrogen and oxygen atoms in total. The molecule has 0 spiro atoms. The maximum Gasteiger partial charge on any atom is 0.261 e. The van der Waals surface area contributed by atoms with Gasteiger partial charge in [-0.2, -0.15) is 0 Å². The Labute approximate surface area is 146 Å². The number of hydrogen-bond donors (Lipinski definition) is 1. The van der Waals surface area contributed by atoms with Crippen LogP contribution in [0, 0.1) is 0 Å². The van der Waals surface area contributed by atoms with Crippen LogP contribution in [0.1, 0.15) is 40.4 Å². The van der Waals surface area contributed by atoms with E-state index < -0.39 is 0 Å². The van der Waals surface area contributed by atoms with Crippen molar-refractivity contribution in [2.75, 3.05) is 19.6 Å². The standard InChI is InChI=1S/C19H22N2O2S/c22-18(8-11-20-19(23)17-7-4-14-24-17)21-12-9-16(10-13-21)15-5-2-1-3-6-15/h1-7,14,16H,8-13H2,(H,20,23). The number of hydrogen-bond acceptors (Lipinski definition) is 3. The quantitative estimate of drug-likeness (QED) is 0.906. The predicted molar refractivity (Wildman–Crippen MR) is 96.3 cm³/mol. The highest BCUT2D eigenvalue weighted by molar-refractivity contribution is 7.12. The van der Waals surface area contributed by atoms with Gasteiger partial charge in [0.1, 0.15) is 0 Å². The van der Waals surface area contributed by atoms with Crippen LogP contribution < -0.4 is 5.32 Å². The molecule has 0 atom stereocenters. The molecule has 1 N–H and O–H groups in total. The highest BCUT2D eigenvalue weighted by atomic mass is 32.1. The third-order valence-electron chi connectivity index (χ3n) is 4.49. The van der Waals surface area contributed by atoms with Crippen LogP contribution in [0.4, 0.5) is 0 Å². The van der Waals surface area contributed by atoms with Crippen LogP contribution in [0.3, 0.4) is 0 Å². The number of thiophene rings is 1. The number of amides is 2. The maximum atomic E-state index is 12.3. The van der Waals surface area contributed by atoms with E-state index in [2.05, 4.69) is 29.6 Å². The van der Waals surface area contributed by atoms with E-state index in [0.717, 1.165) is 25.9 Å². The second-order valence-corrected chi connectivity index (χ2v) is 7.00. The number of nitrogens with zero attached hydrogens (tertiary/aromatic N) is 1. The molecule has 1 aliphatic rings. The Morgan fingerprint density at radius 3 is 2.50 bits per heavy atom. The van der Waals surface area contributed by atoms with E-state index in [1.807, 2.05) is 22.4 Å². The fraction of sp³-hybridized carbons (Fsp3) is 0.368. The van der Waals surface area contributed by atoms with E-state index in [4.69, 9.17) is 0 Å². The minimum absolute atomic E-state index is 0.0967. The van der Waals surface area contributed by atoms with Crippen LogP contribution in [-0.2, 0) is 4.79 Å². The Morgan fingerprint density at radius 2 is 1.83 bits per heavy atom. The van der Waals surface area contributed by atoms with Gasteiger partial charge in [0.2, 0.25) is 5.91 Å². The van der Waals surface area contributed by atoms with Crippen molar-refractivity contribution in [2.24, 2.45) is 0 Å². The van der Waals surface area contributed by atoms with Crippen molar-refractivity contribution in [3.63, 3.8) is 0 Å². The van der Waals surface area contributed by atoms with Gasteiger partial charge in [0, 0.05) is 26.1 Å². The van der Waals surface area contributed by atoms with Crippen LogP contribution in [0.25, 0.3) is 0 Å². The topological polar surface area (TPSA) is 49.4 Å². The van der Waals surface area contributed by atoms with E-state index in [9.17, 15) is 9.59 Å². The van der Waals surface area contributed by atoms with E-state index >= 15 is 0 Å². The summed E-state index contributed by atoms with van der Waals surface area (Å²) < 4.78 is 0. The zero-order valence-corrected chi connectivity index (χ0v) is 14.4. The summed E-state index contributed by atoms with van der Waals surface area (Å²) in [6, 6.07) is 14.2. The van der Waals surface area contributed by atoms with Gasteiger partial charge in [-0.3, -0.25) is 9.59 Å². The largest absolute Gasteiger partial charge is 0.351 e. The molecule has 1 fully saturated rings. The number of rotatable bonds is 5. The molecule has 2 amide bonds. The van der Waals surface area contributed by atoms with Gasteiger partial charge in [0.05, 0.1) is 4.88 Å². The van der Waals surface area contributed by atoms with E-state index in [1.54, 1.807) is 6.07 Å². The third-order valence-corrected chi connectivity index (χ3v) is 5.36. The molecule has 0 saturated carbocycles. The first kappa shape index (κ1) is 16.7. The van der Waals surface area contributed by atoms with Crippen LogP contribution in [-0.4, -0.2) is 36.3 Å². The molecule has 2 heterocycles. The molecule has 1 aliphatic heterocycles. The number of likely N-dealkylation sites (tertiary alicyclic amines) is 1. The lowest BCUT2D eigenvalue weighted by molar-refractivity contribution is -0.132. The zero-order chi connectivity index (χ0) is 16.8. The molecule has 0 unspecified atom stereocenters. The Kier molecular flexibility index (Phi) is 5.64. The number of benzene rings is 1. The van der Waals surface area contributed by atoms with Crippen molar-refractivity contribution in [3.05, 3.63) is 58.3 Å². The fourth-order valence-electron chi connectivity index (χ4n) is 3.12. The van der Waals surface area contributed by atoms with Crippen LogP contribution >= 0.6 is 11.3 Å². The van der Waals surface area contributed by atoms with E-state index in [1.165, 1.54) is 16.9 Å². The smallest absolute Gasteiger partial charge is 0.261 e. The van der Waals surface area contributed by atoms with Gasteiger partial charge in [-0.1, -0.05) is 36.4 Å². The molecule has 0 bridgehead atoms. The Bertz CT molecular complexity index is 662. The fourth-order valence-corrected chi connectivity index (χ4v) is 3.76. The van der Waals surface area contributed by atoms with Gasteiger partial charge in [-0.25, -0.2) is 0 Å². The molecule has 126 valence electrons. The van der Waals surface area contributed by atoms with Gasteiger partial charge >= 0.3 is 0 Å². The first-order valence-electron chi connectivity index (χ1n) is 8.38. The SMILES string of the molecule is O=C(NCCC(=O)N1CCC(c2ccccc2)CC1)c1cccs1. The molecule has 24 heavy (non-hydrogen) atoms. The number of nitrogens with one attached hydrogen (secondary N) is 1. The summed E-state index contributed by atoms with van der Waals surface area (Å²) in [5, 5.41) is 4.69. The average molecular weight is 342 g/mol. The van der Waals surface area contributed by atoms with Crippen LogP contribution in [0.15, 0.2) is 47.8 Å². The Hall–Kier alpha value is -2.14. The normalized spacial score (nSPS) is 15.2. The second kappa shape index (κ2) is 8.11. The molecule has 0 aliphatic carbocycles. The summed E-state index contributed by atoms with van der Waals surface area (Å²) in [5.74, 6) is 0.586. The van der Waals surface area contributed by atoms with Gasteiger partial charge in [-0.15, -0.1) is 11.3 Å². The zero-order valence-electron chi connectivity index (χ0n) is 13.6. The van der Waals surface area contributed by atoms with E-state index in [-0.39, 0.29) is 11.8 Å². The lowest BCUT2D eigenvalue weighted by atomic mass is 9.89. The molecule has 2 aromatic rings. The molecule has 1 saturated heterocycles. The first-order chi connectivity index (χ1) is 11.7. The average Bonchev–Trinajstić information content (AvgIpc) is 3.17. The number of carbonyl (C=O) groups excluding carboxylic acids is 2. The van der Waals surface area contributed by atoms with Crippen LogP contribution in [0.2, 0.25) is 0 Å². The monoisotopic (exact) mass is 342 g/mol. The minimum atomic E-state index is -0.0967. The summed E-state index contributed by atoms with van der Waals surface area (Å²) in [4.78, 5) is 26.7. The maximum absolute atomic E-state index is 12.3. The summed E-state index contributed by atoms with van der Waals surface area (Å²) >= 11 is 1.41. The van der Waals surface area contributed by atoms with Gasteiger partial charge in [0.25, 0.3) is 5.91 Å². The van der Waals surface area contributed by atoms with Gasteiger partial charge in [-0.05, 0) is 35.8 Å². The lowest BCUT2D eigenvalue weighted by Gasteiger charge is -2.32. The van der Waals surface area contributed by atoms with Crippen molar-refractivity contribution in [1.29, 1.82) is 0 Å². The summed E-state index contributed by atoms with van der Waals surface area (Å²) in [6.45, 7) is 2.00. The van der Waals surface area contributed by atoms with Crippen molar-refractivity contribution in [3.8, 4) is 0 Å². The molecule has 5 heteroatoms. The van der Waals surface area contributed by atoms with Crippen LogP contribution in [0.5, 0.6) is 0 Å².